The van der Waals surface area contributed by atoms with E-state index in [4.69, 9.17) is 4.74 Å². The molecule has 0 aliphatic heterocycles. The van der Waals surface area contributed by atoms with Gasteiger partial charge in [-0.05, 0) is 26.0 Å². The zero-order valence-corrected chi connectivity index (χ0v) is 12.9. The topological polar surface area (TPSA) is 59.9 Å². The standard InChI is InChI=1S/C16H22N4O/c1-12-15(11-17-8-9-21-3)13(2)20-16(19-12)10-14-6-4-5-7-18-14/h4-7,17H,8-11H2,1-3H3. The van der Waals surface area contributed by atoms with Crippen LogP contribution in [0, 0.1) is 13.8 Å². The van der Waals surface area contributed by atoms with Gasteiger partial charge in [-0.25, -0.2) is 9.97 Å². The maximum absolute atomic E-state index is 5.03. The summed E-state index contributed by atoms with van der Waals surface area (Å²) in [6.45, 7) is 6.36. The van der Waals surface area contributed by atoms with Gasteiger partial charge in [0, 0.05) is 49.0 Å². The Labute approximate surface area is 125 Å². The highest BCUT2D eigenvalue weighted by atomic mass is 16.5. The van der Waals surface area contributed by atoms with Crippen molar-refractivity contribution in [3.63, 3.8) is 0 Å². The number of pyridine rings is 1. The van der Waals surface area contributed by atoms with Crippen molar-refractivity contribution in [2.24, 2.45) is 0 Å². The second-order valence-corrected chi connectivity index (χ2v) is 4.96. The first-order valence-corrected chi connectivity index (χ1v) is 7.13. The second-order valence-electron chi connectivity index (χ2n) is 4.96. The van der Waals surface area contributed by atoms with Crippen molar-refractivity contribution >= 4 is 0 Å². The highest BCUT2D eigenvalue weighted by Gasteiger charge is 2.09. The summed E-state index contributed by atoms with van der Waals surface area (Å²) in [5.41, 5.74) is 4.20. The summed E-state index contributed by atoms with van der Waals surface area (Å²) >= 11 is 0. The van der Waals surface area contributed by atoms with Gasteiger partial charge in [-0.3, -0.25) is 4.98 Å². The van der Waals surface area contributed by atoms with Crippen LogP contribution in [-0.2, 0) is 17.7 Å². The van der Waals surface area contributed by atoms with Gasteiger partial charge < -0.3 is 10.1 Å². The van der Waals surface area contributed by atoms with Crippen LogP contribution in [0.25, 0.3) is 0 Å². The molecule has 0 aliphatic carbocycles. The van der Waals surface area contributed by atoms with Gasteiger partial charge in [0.25, 0.3) is 0 Å². The molecular weight excluding hydrogens is 264 g/mol. The van der Waals surface area contributed by atoms with E-state index in [9.17, 15) is 0 Å². The van der Waals surface area contributed by atoms with E-state index in [1.54, 1.807) is 13.3 Å². The summed E-state index contributed by atoms with van der Waals surface area (Å²) in [6.07, 6.45) is 2.46. The molecule has 0 aromatic carbocycles. The van der Waals surface area contributed by atoms with Crippen molar-refractivity contribution in [1.82, 2.24) is 20.3 Å². The Morgan fingerprint density at radius 1 is 1.14 bits per heavy atom. The number of nitrogens with zero attached hydrogens (tertiary/aromatic N) is 3. The largest absolute Gasteiger partial charge is 0.383 e. The van der Waals surface area contributed by atoms with Gasteiger partial charge in [0.2, 0.25) is 0 Å². The zero-order chi connectivity index (χ0) is 15.1. The van der Waals surface area contributed by atoms with Crippen LogP contribution in [0.4, 0.5) is 0 Å². The van der Waals surface area contributed by atoms with E-state index in [2.05, 4.69) is 20.3 Å². The minimum atomic E-state index is 0.667. The van der Waals surface area contributed by atoms with E-state index >= 15 is 0 Å². The first kappa shape index (κ1) is 15.5. The molecule has 112 valence electrons. The molecule has 0 amide bonds. The minimum absolute atomic E-state index is 0.667. The Kier molecular flexibility index (Phi) is 5.78. The Morgan fingerprint density at radius 3 is 2.52 bits per heavy atom. The van der Waals surface area contributed by atoms with Crippen molar-refractivity contribution in [2.45, 2.75) is 26.8 Å². The van der Waals surface area contributed by atoms with Crippen molar-refractivity contribution in [2.75, 3.05) is 20.3 Å². The summed E-state index contributed by atoms with van der Waals surface area (Å²) < 4.78 is 5.03. The Hall–Kier alpha value is -1.85. The molecule has 0 atom stereocenters. The molecule has 1 N–H and O–H groups in total. The third-order valence-corrected chi connectivity index (χ3v) is 3.32. The van der Waals surface area contributed by atoms with Crippen molar-refractivity contribution in [3.05, 3.63) is 52.9 Å². The molecule has 0 saturated carbocycles. The third-order valence-electron chi connectivity index (χ3n) is 3.32. The van der Waals surface area contributed by atoms with Crippen LogP contribution in [0.3, 0.4) is 0 Å². The molecule has 0 saturated heterocycles. The summed E-state index contributed by atoms with van der Waals surface area (Å²) in [6, 6.07) is 5.89. The van der Waals surface area contributed by atoms with Gasteiger partial charge >= 0.3 is 0 Å². The van der Waals surface area contributed by atoms with Crippen LogP contribution >= 0.6 is 0 Å². The third kappa shape index (κ3) is 4.58. The number of hydrogen-bond acceptors (Lipinski definition) is 5. The van der Waals surface area contributed by atoms with Crippen LogP contribution < -0.4 is 5.32 Å². The molecule has 0 aliphatic rings. The number of aromatic nitrogens is 3. The van der Waals surface area contributed by atoms with E-state index < -0.39 is 0 Å². The van der Waals surface area contributed by atoms with Gasteiger partial charge in [-0.15, -0.1) is 0 Å². The monoisotopic (exact) mass is 286 g/mol. The average molecular weight is 286 g/mol. The molecule has 0 bridgehead atoms. The molecule has 2 aromatic heterocycles. The summed E-state index contributed by atoms with van der Waals surface area (Å²) in [5, 5.41) is 3.34. The van der Waals surface area contributed by atoms with Crippen LogP contribution in [-0.4, -0.2) is 35.2 Å². The second kappa shape index (κ2) is 7.81. The molecule has 2 heterocycles. The summed E-state index contributed by atoms with van der Waals surface area (Å²) in [7, 11) is 1.70. The van der Waals surface area contributed by atoms with Gasteiger partial charge in [0.05, 0.1) is 13.0 Å². The Balaban J connectivity index is 2.06. The Bertz CT molecular complexity index is 549. The lowest BCUT2D eigenvalue weighted by Crippen LogP contribution is -2.21. The molecule has 0 radical (unpaired) electrons. The van der Waals surface area contributed by atoms with Gasteiger partial charge in [0.15, 0.2) is 0 Å². The van der Waals surface area contributed by atoms with Gasteiger partial charge in [-0.2, -0.15) is 0 Å². The maximum Gasteiger partial charge on any atom is 0.134 e. The highest BCUT2D eigenvalue weighted by molar-refractivity contribution is 5.25. The van der Waals surface area contributed by atoms with E-state index in [0.717, 1.165) is 41.6 Å². The lowest BCUT2D eigenvalue weighted by molar-refractivity contribution is 0.199. The predicted octanol–water partition coefficient (Wildman–Crippen LogP) is 1.82. The van der Waals surface area contributed by atoms with Crippen molar-refractivity contribution in [3.8, 4) is 0 Å². The fourth-order valence-corrected chi connectivity index (χ4v) is 2.20. The molecule has 0 unspecified atom stereocenters. The van der Waals surface area contributed by atoms with E-state index in [-0.39, 0.29) is 0 Å². The number of rotatable bonds is 7. The van der Waals surface area contributed by atoms with Crippen LogP contribution in [0.1, 0.15) is 28.5 Å². The number of methoxy groups -OCH3 is 1. The molecule has 2 rings (SSSR count). The lowest BCUT2D eigenvalue weighted by atomic mass is 10.1. The van der Waals surface area contributed by atoms with Crippen LogP contribution in [0.2, 0.25) is 0 Å². The molecule has 2 aromatic rings. The smallest absolute Gasteiger partial charge is 0.134 e. The van der Waals surface area contributed by atoms with E-state index in [1.165, 1.54) is 0 Å². The molecule has 0 fully saturated rings. The fraction of sp³-hybridized carbons (Fsp3) is 0.438. The average Bonchev–Trinajstić information content (AvgIpc) is 2.47. The van der Waals surface area contributed by atoms with E-state index in [0.29, 0.717) is 13.0 Å². The number of nitrogens with one attached hydrogen (secondary N) is 1. The van der Waals surface area contributed by atoms with Crippen molar-refractivity contribution in [1.29, 1.82) is 0 Å². The van der Waals surface area contributed by atoms with Gasteiger partial charge in [-0.1, -0.05) is 6.07 Å². The Morgan fingerprint density at radius 2 is 1.90 bits per heavy atom. The molecule has 21 heavy (non-hydrogen) atoms. The molecule has 0 spiro atoms. The van der Waals surface area contributed by atoms with Crippen LogP contribution in [0.5, 0.6) is 0 Å². The highest BCUT2D eigenvalue weighted by Crippen LogP contribution is 2.12. The van der Waals surface area contributed by atoms with Crippen LogP contribution in [0.15, 0.2) is 24.4 Å². The minimum Gasteiger partial charge on any atom is -0.383 e. The fourth-order valence-electron chi connectivity index (χ4n) is 2.20. The predicted molar refractivity (Wildman–Crippen MR) is 82.1 cm³/mol. The zero-order valence-electron chi connectivity index (χ0n) is 12.9. The maximum atomic E-state index is 5.03. The van der Waals surface area contributed by atoms with E-state index in [1.807, 2.05) is 32.0 Å². The van der Waals surface area contributed by atoms with Crippen molar-refractivity contribution < 1.29 is 4.74 Å². The number of aryl methyl sites for hydroxylation is 2. The summed E-state index contributed by atoms with van der Waals surface area (Å²) in [5.74, 6) is 0.823. The molecule has 5 heteroatoms. The summed E-state index contributed by atoms with van der Waals surface area (Å²) in [4.78, 5) is 13.5. The number of hydrogen-bond donors (Lipinski definition) is 1. The molecule has 5 nitrogen and oxygen atoms in total. The first-order valence-electron chi connectivity index (χ1n) is 7.13. The quantitative estimate of drug-likeness (QED) is 0.787. The number of ether oxygens (including phenoxy) is 1. The molecular formula is C16H22N4O. The normalized spacial score (nSPS) is 10.8. The van der Waals surface area contributed by atoms with Gasteiger partial charge in [0.1, 0.15) is 5.82 Å². The lowest BCUT2D eigenvalue weighted by Gasteiger charge is -2.11. The first-order chi connectivity index (χ1) is 10.2. The SMILES string of the molecule is COCCNCc1c(C)nc(Cc2ccccn2)nc1C.